The fraction of sp³-hybridized carbons (Fsp3) is 0.429. The lowest BCUT2D eigenvalue weighted by Gasteiger charge is -2.22. The summed E-state index contributed by atoms with van der Waals surface area (Å²) in [4.78, 5) is 27.3. The van der Waals surface area contributed by atoms with Gasteiger partial charge in [-0.3, -0.25) is 10.1 Å². The van der Waals surface area contributed by atoms with Crippen molar-refractivity contribution in [2.24, 2.45) is 5.16 Å². The molecular formula is C14H14ClFN2O5. The van der Waals surface area contributed by atoms with Gasteiger partial charge in [-0.2, -0.15) is 4.39 Å². The number of nitrogens with zero attached hydrogens (tertiary/aromatic N) is 2. The second kappa shape index (κ2) is 6.49. The first-order valence-electron chi connectivity index (χ1n) is 6.90. The molecule has 0 spiro atoms. The quantitative estimate of drug-likeness (QED) is 0.464. The standard InChI is InChI=1S/C14H14ClFN2O5/c1-3-14(13(19)22-4-2)7-11(17-23-14)8-5-12(18(20)21)10(16)6-9(8)15/h5-6H,3-4,7H2,1-2H3. The minimum Gasteiger partial charge on any atom is -0.463 e. The van der Waals surface area contributed by atoms with Gasteiger partial charge in [-0.15, -0.1) is 0 Å². The SMILES string of the molecule is CCOC(=O)C1(CC)CC(c2cc([N+](=O)[O-])c(F)cc2Cl)=NO1. The van der Waals surface area contributed by atoms with Gasteiger partial charge in [0, 0.05) is 24.1 Å². The summed E-state index contributed by atoms with van der Waals surface area (Å²) in [5.74, 6) is -1.62. The van der Waals surface area contributed by atoms with Gasteiger partial charge < -0.3 is 9.57 Å². The molecule has 9 heteroatoms. The summed E-state index contributed by atoms with van der Waals surface area (Å²) in [7, 11) is 0. The molecule has 0 amide bonds. The van der Waals surface area contributed by atoms with Crippen LogP contribution in [0.15, 0.2) is 17.3 Å². The zero-order valence-electron chi connectivity index (χ0n) is 12.5. The molecule has 0 saturated carbocycles. The third kappa shape index (κ3) is 3.12. The molecule has 1 aliphatic rings. The van der Waals surface area contributed by atoms with E-state index in [0.717, 1.165) is 12.1 Å². The fourth-order valence-corrected chi connectivity index (χ4v) is 2.49. The van der Waals surface area contributed by atoms with E-state index in [1.807, 2.05) is 0 Å². The molecule has 1 atom stereocenters. The van der Waals surface area contributed by atoms with Crippen molar-refractivity contribution in [3.05, 3.63) is 38.7 Å². The van der Waals surface area contributed by atoms with Crippen LogP contribution in [0, 0.1) is 15.9 Å². The van der Waals surface area contributed by atoms with E-state index in [4.69, 9.17) is 21.2 Å². The molecule has 0 aliphatic carbocycles. The average Bonchev–Trinajstić information content (AvgIpc) is 2.92. The number of esters is 1. The molecule has 0 N–H and O–H groups in total. The molecule has 1 aliphatic heterocycles. The number of nitro benzene ring substituents is 1. The Morgan fingerprint density at radius 2 is 2.26 bits per heavy atom. The van der Waals surface area contributed by atoms with E-state index >= 15 is 0 Å². The van der Waals surface area contributed by atoms with Crippen LogP contribution < -0.4 is 0 Å². The van der Waals surface area contributed by atoms with E-state index in [-0.39, 0.29) is 29.3 Å². The Balaban J connectivity index is 2.36. The molecule has 1 unspecified atom stereocenters. The van der Waals surface area contributed by atoms with Crippen molar-refractivity contribution in [2.45, 2.75) is 32.3 Å². The number of oxime groups is 1. The third-order valence-electron chi connectivity index (χ3n) is 3.55. The van der Waals surface area contributed by atoms with Crippen LogP contribution in [-0.2, 0) is 14.4 Å². The Bertz CT molecular complexity index is 694. The molecule has 124 valence electrons. The highest BCUT2D eigenvalue weighted by Crippen LogP contribution is 2.35. The van der Waals surface area contributed by atoms with Gasteiger partial charge in [0.2, 0.25) is 11.4 Å². The second-order valence-electron chi connectivity index (χ2n) is 4.91. The van der Waals surface area contributed by atoms with Crippen LogP contribution in [0.4, 0.5) is 10.1 Å². The summed E-state index contributed by atoms with van der Waals surface area (Å²) in [5.41, 5.74) is -1.64. The van der Waals surface area contributed by atoms with Crippen molar-refractivity contribution < 1.29 is 23.7 Å². The van der Waals surface area contributed by atoms with E-state index in [9.17, 15) is 19.3 Å². The summed E-state index contributed by atoms with van der Waals surface area (Å²) >= 11 is 5.95. The monoisotopic (exact) mass is 344 g/mol. The van der Waals surface area contributed by atoms with Crippen molar-refractivity contribution in [1.82, 2.24) is 0 Å². The summed E-state index contributed by atoms with van der Waals surface area (Å²) < 4.78 is 18.5. The highest BCUT2D eigenvalue weighted by molar-refractivity contribution is 6.34. The minimum absolute atomic E-state index is 0.0326. The van der Waals surface area contributed by atoms with Crippen LogP contribution in [0.2, 0.25) is 5.02 Å². The van der Waals surface area contributed by atoms with Crippen LogP contribution >= 0.6 is 11.6 Å². The zero-order valence-corrected chi connectivity index (χ0v) is 13.2. The van der Waals surface area contributed by atoms with Crippen LogP contribution in [0.25, 0.3) is 0 Å². The Morgan fingerprint density at radius 3 is 2.83 bits per heavy atom. The number of carbonyl (C=O) groups is 1. The molecule has 2 rings (SSSR count). The van der Waals surface area contributed by atoms with E-state index in [1.54, 1.807) is 13.8 Å². The van der Waals surface area contributed by atoms with Gasteiger partial charge in [-0.25, -0.2) is 4.79 Å². The molecule has 1 heterocycles. The number of halogens is 2. The number of nitro groups is 1. The topological polar surface area (TPSA) is 91.0 Å². The second-order valence-corrected chi connectivity index (χ2v) is 5.32. The predicted octanol–water partition coefficient (Wildman–Crippen LogP) is 3.22. The van der Waals surface area contributed by atoms with Crippen LogP contribution in [-0.4, -0.2) is 28.8 Å². The molecule has 1 aromatic carbocycles. The Kier molecular flexibility index (Phi) is 4.84. The smallest absolute Gasteiger partial charge is 0.353 e. The molecule has 23 heavy (non-hydrogen) atoms. The lowest BCUT2D eigenvalue weighted by atomic mass is 9.91. The summed E-state index contributed by atoms with van der Waals surface area (Å²) in [6, 6.07) is 1.82. The van der Waals surface area contributed by atoms with E-state index in [1.165, 1.54) is 0 Å². The van der Waals surface area contributed by atoms with Crippen molar-refractivity contribution in [1.29, 1.82) is 0 Å². The van der Waals surface area contributed by atoms with E-state index in [0.29, 0.717) is 6.42 Å². The first-order chi connectivity index (χ1) is 10.8. The number of carbonyl (C=O) groups excluding carboxylic acids is 1. The van der Waals surface area contributed by atoms with Crippen molar-refractivity contribution in [3.8, 4) is 0 Å². The van der Waals surface area contributed by atoms with Crippen LogP contribution in [0.1, 0.15) is 32.3 Å². The van der Waals surface area contributed by atoms with Gasteiger partial charge in [0.1, 0.15) is 0 Å². The predicted molar refractivity (Wildman–Crippen MR) is 80.0 cm³/mol. The van der Waals surface area contributed by atoms with Crippen LogP contribution in [0.3, 0.4) is 0 Å². The summed E-state index contributed by atoms with van der Waals surface area (Å²) in [6.07, 6.45) is 0.324. The van der Waals surface area contributed by atoms with Gasteiger partial charge in [0.05, 0.1) is 22.3 Å². The maximum atomic E-state index is 13.5. The molecule has 0 saturated heterocycles. The molecule has 0 bridgehead atoms. The molecule has 7 nitrogen and oxygen atoms in total. The summed E-state index contributed by atoms with van der Waals surface area (Å²) in [6.45, 7) is 3.57. The zero-order chi connectivity index (χ0) is 17.2. The first kappa shape index (κ1) is 17.1. The van der Waals surface area contributed by atoms with Gasteiger partial charge in [-0.1, -0.05) is 23.7 Å². The average molecular weight is 345 g/mol. The maximum absolute atomic E-state index is 13.5. The molecule has 0 radical (unpaired) electrons. The minimum atomic E-state index is -1.29. The Morgan fingerprint density at radius 1 is 1.57 bits per heavy atom. The molecule has 0 aromatic heterocycles. The van der Waals surface area contributed by atoms with E-state index < -0.39 is 28.0 Å². The largest absolute Gasteiger partial charge is 0.463 e. The van der Waals surface area contributed by atoms with Gasteiger partial charge in [0.15, 0.2) is 0 Å². The fourth-order valence-electron chi connectivity index (χ4n) is 2.23. The lowest BCUT2D eigenvalue weighted by Crippen LogP contribution is -2.40. The van der Waals surface area contributed by atoms with Gasteiger partial charge in [-0.05, 0) is 13.3 Å². The number of benzene rings is 1. The number of rotatable bonds is 5. The van der Waals surface area contributed by atoms with Crippen molar-refractivity contribution >= 4 is 29.0 Å². The maximum Gasteiger partial charge on any atom is 0.353 e. The first-order valence-corrected chi connectivity index (χ1v) is 7.28. The van der Waals surface area contributed by atoms with E-state index in [2.05, 4.69) is 5.16 Å². The Hall–Kier alpha value is -2.22. The highest BCUT2D eigenvalue weighted by Gasteiger charge is 2.47. The molecular weight excluding hydrogens is 331 g/mol. The van der Waals surface area contributed by atoms with Crippen molar-refractivity contribution in [3.63, 3.8) is 0 Å². The molecule has 0 fully saturated rings. The number of hydrogen-bond acceptors (Lipinski definition) is 6. The van der Waals surface area contributed by atoms with Crippen LogP contribution in [0.5, 0.6) is 0 Å². The number of ether oxygens (including phenoxy) is 1. The third-order valence-corrected chi connectivity index (χ3v) is 3.86. The molecule has 1 aromatic rings. The van der Waals surface area contributed by atoms with Crippen molar-refractivity contribution in [2.75, 3.05) is 6.61 Å². The lowest BCUT2D eigenvalue weighted by molar-refractivity contribution is -0.387. The number of hydrogen-bond donors (Lipinski definition) is 0. The Labute approximate surface area is 136 Å². The normalized spacial score (nSPS) is 19.9. The van der Waals surface area contributed by atoms with Gasteiger partial charge >= 0.3 is 11.7 Å². The van der Waals surface area contributed by atoms with Gasteiger partial charge in [0.25, 0.3) is 0 Å². The summed E-state index contributed by atoms with van der Waals surface area (Å²) in [5, 5.41) is 14.6. The highest BCUT2D eigenvalue weighted by atomic mass is 35.5.